The molecule has 1 aromatic heterocycles. The number of hydrazone groups is 1. The highest BCUT2D eigenvalue weighted by Gasteiger charge is 2.22. The quantitative estimate of drug-likeness (QED) is 0.249. The van der Waals surface area contributed by atoms with E-state index in [1.165, 1.54) is 12.5 Å². The van der Waals surface area contributed by atoms with E-state index in [0.29, 0.717) is 17.0 Å². The Bertz CT molecular complexity index is 1100. The third-order valence-electron chi connectivity index (χ3n) is 4.43. The van der Waals surface area contributed by atoms with Crippen molar-refractivity contribution in [3.05, 3.63) is 83.9 Å². The second kappa shape index (κ2) is 12.4. The molecule has 4 N–H and O–H groups in total. The van der Waals surface area contributed by atoms with Gasteiger partial charge in [-0.25, -0.2) is 20.0 Å². The summed E-state index contributed by atoms with van der Waals surface area (Å²) >= 11 is 0. The van der Waals surface area contributed by atoms with Crippen molar-refractivity contribution in [1.29, 1.82) is 0 Å². The summed E-state index contributed by atoms with van der Waals surface area (Å²) in [6.45, 7) is -0.378. The highest BCUT2D eigenvalue weighted by Crippen LogP contribution is 2.11. The van der Waals surface area contributed by atoms with E-state index in [0.717, 1.165) is 5.56 Å². The molecule has 34 heavy (non-hydrogen) atoms. The summed E-state index contributed by atoms with van der Waals surface area (Å²) in [5, 5.41) is 15.1. The van der Waals surface area contributed by atoms with Crippen LogP contribution in [0.3, 0.4) is 0 Å². The van der Waals surface area contributed by atoms with Gasteiger partial charge in [0.1, 0.15) is 18.4 Å². The molecule has 0 aliphatic rings. The van der Waals surface area contributed by atoms with E-state index >= 15 is 0 Å². The minimum absolute atomic E-state index is 0.0649. The van der Waals surface area contributed by atoms with Gasteiger partial charge in [0.15, 0.2) is 6.61 Å². The van der Waals surface area contributed by atoms with Crippen molar-refractivity contribution >= 4 is 24.2 Å². The number of aliphatic carboxylic acids is 1. The van der Waals surface area contributed by atoms with Gasteiger partial charge in [0.25, 0.3) is 5.91 Å². The normalized spacial score (nSPS) is 11.5. The predicted molar refractivity (Wildman–Crippen MR) is 121 cm³/mol. The Labute approximate surface area is 194 Å². The summed E-state index contributed by atoms with van der Waals surface area (Å²) in [7, 11) is 0. The van der Waals surface area contributed by atoms with Crippen molar-refractivity contribution in [2.24, 2.45) is 5.10 Å². The van der Waals surface area contributed by atoms with Crippen LogP contribution >= 0.6 is 0 Å². The molecule has 3 rings (SSSR count). The first-order valence-corrected chi connectivity index (χ1v) is 10.2. The SMILES string of the molecule is O=C(O)COc1ccc(/C=N\NC(=O)[C@@H](Cc2cnc[nH]2)NC(=O)OCc2ccccc2)cc1. The van der Waals surface area contributed by atoms with Gasteiger partial charge in [0, 0.05) is 18.3 Å². The van der Waals surface area contributed by atoms with E-state index in [2.05, 4.69) is 25.8 Å². The van der Waals surface area contributed by atoms with Gasteiger partial charge < -0.3 is 24.9 Å². The van der Waals surface area contributed by atoms with Crippen LogP contribution in [-0.4, -0.2) is 51.9 Å². The van der Waals surface area contributed by atoms with Crippen molar-refractivity contribution in [2.75, 3.05) is 6.61 Å². The van der Waals surface area contributed by atoms with E-state index in [-0.39, 0.29) is 13.0 Å². The lowest BCUT2D eigenvalue weighted by atomic mass is 10.1. The second-order valence-corrected chi connectivity index (χ2v) is 7.03. The maximum atomic E-state index is 12.7. The van der Waals surface area contributed by atoms with Gasteiger partial charge in [-0.05, 0) is 35.4 Å². The molecule has 0 aliphatic carbocycles. The number of aromatic nitrogens is 2. The fraction of sp³-hybridized carbons (Fsp3) is 0.174. The largest absolute Gasteiger partial charge is 0.482 e. The number of imidazole rings is 1. The monoisotopic (exact) mass is 465 g/mol. The number of nitrogens with zero attached hydrogens (tertiary/aromatic N) is 2. The molecule has 0 spiro atoms. The molecule has 0 radical (unpaired) electrons. The summed E-state index contributed by atoms with van der Waals surface area (Å²) in [6.07, 6.45) is 3.83. The number of amides is 2. The number of ether oxygens (including phenoxy) is 2. The number of carbonyl (C=O) groups is 3. The van der Waals surface area contributed by atoms with Crippen molar-refractivity contribution in [2.45, 2.75) is 19.1 Å². The Morgan fingerprint density at radius 3 is 2.56 bits per heavy atom. The van der Waals surface area contributed by atoms with Gasteiger partial charge in [0.2, 0.25) is 0 Å². The third kappa shape index (κ3) is 8.11. The predicted octanol–water partition coefficient (Wildman–Crippen LogP) is 1.86. The number of aromatic amines is 1. The van der Waals surface area contributed by atoms with Crippen LogP contribution in [0.5, 0.6) is 5.75 Å². The Balaban J connectivity index is 1.55. The topological polar surface area (TPSA) is 155 Å². The summed E-state index contributed by atoms with van der Waals surface area (Å²) in [6, 6.07) is 14.7. The number of hydrogen-bond acceptors (Lipinski definition) is 7. The van der Waals surface area contributed by atoms with Gasteiger partial charge in [0.05, 0.1) is 12.5 Å². The number of H-pyrrole nitrogens is 1. The number of rotatable bonds is 11. The minimum atomic E-state index is -1.07. The molecule has 1 atom stereocenters. The van der Waals surface area contributed by atoms with Crippen LogP contribution in [0, 0.1) is 0 Å². The zero-order valence-corrected chi connectivity index (χ0v) is 18.0. The number of carboxylic acid groups (broad SMARTS) is 1. The molecule has 11 nitrogen and oxygen atoms in total. The molecule has 0 bridgehead atoms. The Kier molecular flexibility index (Phi) is 8.74. The van der Waals surface area contributed by atoms with Crippen LogP contribution in [0.25, 0.3) is 0 Å². The maximum Gasteiger partial charge on any atom is 0.408 e. The van der Waals surface area contributed by atoms with Gasteiger partial charge in [-0.15, -0.1) is 0 Å². The molecule has 0 fully saturated rings. The van der Waals surface area contributed by atoms with Crippen molar-refractivity contribution in [3.8, 4) is 5.75 Å². The Morgan fingerprint density at radius 1 is 1.12 bits per heavy atom. The second-order valence-electron chi connectivity index (χ2n) is 7.03. The Morgan fingerprint density at radius 2 is 1.88 bits per heavy atom. The first-order chi connectivity index (χ1) is 16.5. The third-order valence-corrected chi connectivity index (χ3v) is 4.43. The molecule has 2 amide bonds. The first-order valence-electron chi connectivity index (χ1n) is 10.2. The van der Waals surface area contributed by atoms with E-state index in [1.807, 2.05) is 30.3 Å². The van der Waals surface area contributed by atoms with E-state index in [4.69, 9.17) is 14.6 Å². The van der Waals surface area contributed by atoms with Crippen LogP contribution in [-0.2, 0) is 27.4 Å². The lowest BCUT2D eigenvalue weighted by Crippen LogP contribution is -2.47. The van der Waals surface area contributed by atoms with Gasteiger partial charge in [-0.1, -0.05) is 30.3 Å². The zero-order chi connectivity index (χ0) is 24.2. The van der Waals surface area contributed by atoms with Gasteiger partial charge in [-0.2, -0.15) is 5.10 Å². The summed E-state index contributed by atoms with van der Waals surface area (Å²) in [5.74, 6) is -1.24. The van der Waals surface area contributed by atoms with E-state index in [9.17, 15) is 14.4 Å². The van der Waals surface area contributed by atoms with Gasteiger partial charge in [-0.3, -0.25) is 4.79 Å². The summed E-state index contributed by atoms with van der Waals surface area (Å²) < 4.78 is 10.3. The number of alkyl carbamates (subject to hydrolysis) is 1. The van der Waals surface area contributed by atoms with Crippen molar-refractivity contribution in [3.63, 3.8) is 0 Å². The van der Waals surface area contributed by atoms with Gasteiger partial charge >= 0.3 is 12.1 Å². The van der Waals surface area contributed by atoms with E-state index in [1.54, 1.807) is 30.5 Å². The maximum absolute atomic E-state index is 12.7. The molecule has 176 valence electrons. The summed E-state index contributed by atoms with van der Waals surface area (Å²) in [5.41, 5.74) is 4.50. The standard InChI is InChI=1S/C23H23N5O6/c29-21(30)14-33-19-8-6-16(7-9-19)11-26-28-22(31)20(10-18-12-24-15-25-18)27-23(32)34-13-17-4-2-1-3-5-17/h1-9,11-12,15,20H,10,13-14H2,(H,24,25)(H,27,32)(H,28,31)(H,29,30)/b26-11-/t20-/m1/s1. The number of nitrogens with one attached hydrogen (secondary N) is 3. The fourth-order valence-corrected chi connectivity index (χ4v) is 2.78. The van der Waals surface area contributed by atoms with Crippen LogP contribution in [0.1, 0.15) is 16.8 Å². The zero-order valence-electron chi connectivity index (χ0n) is 18.0. The highest BCUT2D eigenvalue weighted by atomic mass is 16.5. The average molecular weight is 465 g/mol. The lowest BCUT2D eigenvalue weighted by Gasteiger charge is -2.16. The lowest BCUT2D eigenvalue weighted by molar-refractivity contribution is -0.139. The molecular weight excluding hydrogens is 442 g/mol. The first kappa shape index (κ1) is 24.0. The van der Waals surface area contributed by atoms with E-state index < -0.39 is 30.6 Å². The molecule has 0 saturated carbocycles. The molecule has 0 saturated heterocycles. The molecule has 3 aromatic rings. The van der Waals surface area contributed by atoms with Crippen molar-refractivity contribution in [1.82, 2.24) is 20.7 Å². The fourth-order valence-electron chi connectivity index (χ4n) is 2.78. The Hall–Kier alpha value is -4.67. The minimum Gasteiger partial charge on any atom is -0.482 e. The average Bonchev–Trinajstić information content (AvgIpc) is 3.35. The molecule has 0 unspecified atom stereocenters. The molecule has 2 aromatic carbocycles. The smallest absolute Gasteiger partial charge is 0.408 e. The number of benzene rings is 2. The highest BCUT2D eigenvalue weighted by molar-refractivity contribution is 5.87. The van der Waals surface area contributed by atoms with Crippen LogP contribution in [0.2, 0.25) is 0 Å². The molecule has 0 aliphatic heterocycles. The number of carboxylic acids is 1. The number of carbonyl (C=O) groups excluding carboxylic acids is 2. The molecular formula is C23H23N5O6. The molecule has 11 heteroatoms. The van der Waals surface area contributed by atoms with Crippen LogP contribution in [0.15, 0.2) is 72.2 Å². The number of hydrogen-bond donors (Lipinski definition) is 4. The summed E-state index contributed by atoms with van der Waals surface area (Å²) in [4.78, 5) is 42.3. The van der Waals surface area contributed by atoms with Crippen molar-refractivity contribution < 1.29 is 29.0 Å². The van der Waals surface area contributed by atoms with Crippen LogP contribution < -0.4 is 15.5 Å². The van der Waals surface area contributed by atoms with Crippen LogP contribution in [0.4, 0.5) is 4.79 Å². The molecule has 1 heterocycles.